The summed E-state index contributed by atoms with van der Waals surface area (Å²) in [6, 6.07) is 3.93. The highest BCUT2D eigenvalue weighted by Gasteiger charge is 2.17. The van der Waals surface area contributed by atoms with Crippen molar-refractivity contribution in [2.75, 3.05) is 52.7 Å². The summed E-state index contributed by atoms with van der Waals surface area (Å²) in [5, 5.41) is 7.24. The van der Waals surface area contributed by atoms with Gasteiger partial charge in [-0.15, -0.1) is 0 Å². The number of rotatable bonds is 10. The van der Waals surface area contributed by atoms with Gasteiger partial charge in [-0.1, -0.05) is 11.6 Å². The number of aliphatic imine (C=N–C) groups is 1. The molecule has 1 fully saturated rings. The lowest BCUT2D eigenvalue weighted by atomic mass is 10.1. The molecule has 0 aromatic heterocycles. The zero-order valence-corrected chi connectivity index (χ0v) is 17.9. The Hall–Kier alpha value is -1.70. The van der Waals surface area contributed by atoms with Crippen molar-refractivity contribution < 1.29 is 18.9 Å². The zero-order valence-electron chi connectivity index (χ0n) is 17.2. The third-order valence-electron chi connectivity index (χ3n) is 4.75. The number of hydrogen-bond acceptors (Lipinski definition) is 5. The first-order valence-electron chi connectivity index (χ1n) is 10.6. The van der Waals surface area contributed by atoms with E-state index in [1.54, 1.807) is 0 Å². The van der Waals surface area contributed by atoms with Crippen LogP contribution in [-0.4, -0.2) is 64.7 Å². The van der Waals surface area contributed by atoms with Crippen molar-refractivity contribution in [3.63, 3.8) is 0 Å². The molecule has 1 aromatic rings. The maximum atomic E-state index is 6.31. The molecule has 2 aliphatic heterocycles. The number of fused-ring (bicyclic) bond motifs is 1. The number of nitrogens with one attached hydrogen (secondary N) is 2. The Morgan fingerprint density at radius 2 is 2.14 bits per heavy atom. The summed E-state index contributed by atoms with van der Waals surface area (Å²) >= 11 is 6.31. The fourth-order valence-electron chi connectivity index (χ4n) is 3.32. The summed E-state index contributed by atoms with van der Waals surface area (Å²) in [4.78, 5) is 4.61. The van der Waals surface area contributed by atoms with E-state index in [0.717, 1.165) is 69.2 Å². The van der Waals surface area contributed by atoms with Crippen LogP contribution in [0, 0.1) is 0 Å². The topological polar surface area (TPSA) is 73.3 Å². The normalized spacial score (nSPS) is 18.7. The molecule has 2 aliphatic rings. The Kier molecular flexibility index (Phi) is 9.18. The van der Waals surface area contributed by atoms with Gasteiger partial charge in [0.25, 0.3) is 0 Å². The standard InChI is InChI=1S/C21H32ClN3O4/c1-2-23-21(24-7-4-9-26-15-17-5-3-10-27-17)25-8-6-16-13-18(22)20-19(14-16)28-11-12-29-20/h13-14,17H,2-12,15H2,1H3,(H2,23,24,25). The molecule has 8 heteroatoms. The van der Waals surface area contributed by atoms with Crippen LogP contribution in [0.3, 0.4) is 0 Å². The van der Waals surface area contributed by atoms with E-state index < -0.39 is 0 Å². The minimum Gasteiger partial charge on any atom is -0.486 e. The number of benzene rings is 1. The van der Waals surface area contributed by atoms with Gasteiger partial charge in [0.2, 0.25) is 0 Å². The van der Waals surface area contributed by atoms with Crippen LogP contribution in [0.5, 0.6) is 11.5 Å². The second-order valence-corrected chi connectivity index (χ2v) is 7.51. The second-order valence-electron chi connectivity index (χ2n) is 7.10. The lowest BCUT2D eigenvalue weighted by Gasteiger charge is -2.20. The predicted molar refractivity (Wildman–Crippen MR) is 115 cm³/mol. The van der Waals surface area contributed by atoms with Crippen molar-refractivity contribution in [2.24, 2.45) is 4.99 Å². The van der Waals surface area contributed by atoms with Crippen molar-refractivity contribution in [3.8, 4) is 11.5 Å². The molecule has 0 aliphatic carbocycles. The maximum absolute atomic E-state index is 6.31. The van der Waals surface area contributed by atoms with Crippen LogP contribution in [0.4, 0.5) is 0 Å². The quantitative estimate of drug-likeness (QED) is 0.341. The van der Waals surface area contributed by atoms with Gasteiger partial charge in [0.05, 0.1) is 17.7 Å². The first-order valence-corrected chi connectivity index (χ1v) is 10.9. The number of halogens is 1. The van der Waals surface area contributed by atoms with Crippen LogP contribution in [-0.2, 0) is 15.9 Å². The van der Waals surface area contributed by atoms with Crippen LogP contribution in [0.2, 0.25) is 5.02 Å². The lowest BCUT2D eigenvalue weighted by molar-refractivity contribution is 0.0171. The van der Waals surface area contributed by atoms with E-state index in [0.29, 0.717) is 37.2 Å². The van der Waals surface area contributed by atoms with E-state index in [9.17, 15) is 0 Å². The van der Waals surface area contributed by atoms with Crippen LogP contribution >= 0.6 is 11.6 Å². The van der Waals surface area contributed by atoms with Crippen molar-refractivity contribution in [1.82, 2.24) is 10.6 Å². The predicted octanol–water partition coefficient (Wildman–Crippen LogP) is 2.79. The highest BCUT2D eigenvalue weighted by atomic mass is 35.5. The molecule has 0 saturated carbocycles. The highest BCUT2D eigenvalue weighted by Crippen LogP contribution is 2.38. The van der Waals surface area contributed by atoms with Crippen molar-refractivity contribution in [2.45, 2.75) is 38.7 Å². The van der Waals surface area contributed by atoms with E-state index in [4.69, 9.17) is 30.5 Å². The van der Waals surface area contributed by atoms with Crippen molar-refractivity contribution >= 4 is 17.6 Å². The van der Waals surface area contributed by atoms with Gasteiger partial charge < -0.3 is 29.6 Å². The Labute approximate surface area is 178 Å². The molecular weight excluding hydrogens is 394 g/mol. The van der Waals surface area contributed by atoms with E-state index in [1.807, 2.05) is 12.1 Å². The van der Waals surface area contributed by atoms with Crippen LogP contribution in [0.15, 0.2) is 17.1 Å². The SMILES string of the molecule is CCNC(=NCCCOCC1CCCO1)NCCc1cc(Cl)c2c(c1)OCCO2. The molecule has 29 heavy (non-hydrogen) atoms. The molecule has 1 saturated heterocycles. The molecule has 0 radical (unpaired) electrons. The van der Waals surface area contributed by atoms with Crippen LogP contribution in [0.1, 0.15) is 31.7 Å². The largest absolute Gasteiger partial charge is 0.486 e. The summed E-state index contributed by atoms with van der Waals surface area (Å²) in [5.41, 5.74) is 1.10. The summed E-state index contributed by atoms with van der Waals surface area (Å²) in [7, 11) is 0. The van der Waals surface area contributed by atoms with Gasteiger partial charge >= 0.3 is 0 Å². The molecule has 1 unspecified atom stereocenters. The Balaban J connectivity index is 1.37. The third-order valence-corrected chi connectivity index (χ3v) is 5.03. The van der Waals surface area contributed by atoms with E-state index >= 15 is 0 Å². The smallest absolute Gasteiger partial charge is 0.191 e. The number of ether oxygens (including phenoxy) is 4. The van der Waals surface area contributed by atoms with Gasteiger partial charge in [-0.25, -0.2) is 0 Å². The zero-order chi connectivity index (χ0) is 20.3. The highest BCUT2D eigenvalue weighted by molar-refractivity contribution is 6.32. The van der Waals surface area contributed by atoms with Crippen molar-refractivity contribution in [1.29, 1.82) is 0 Å². The molecular formula is C21H32ClN3O4. The van der Waals surface area contributed by atoms with Crippen LogP contribution in [0.25, 0.3) is 0 Å². The Morgan fingerprint density at radius 3 is 2.97 bits per heavy atom. The van der Waals surface area contributed by atoms with Gasteiger partial charge in [-0.3, -0.25) is 4.99 Å². The molecule has 0 amide bonds. The molecule has 1 aromatic carbocycles. The molecule has 0 spiro atoms. The molecule has 2 N–H and O–H groups in total. The lowest BCUT2D eigenvalue weighted by Crippen LogP contribution is -2.38. The number of guanidine groups is 1. The van der Waals surface area contributed by atoms with Gasteiger partial charge in [-0.05, 0) is 50.3 Å². The Morgan fingerprint density at radius 1 is 1.24 bits per heavy atom. The first kappa shape index (κ1) is 22.0. The maximum Gasteiger partial charge on any atom is 0.191 e. The molecule has 1 atom stereocenters. The minimum absolute atomic E-state index is 0.284. The van der Waals surface area contributed by atoms with E-state index in [1.165, 1.54) is 0 Å². The number of nitrogens with zero attached hydrogens (tertiary/aromatic N) is 1. The van der Waals surface area contributed by atoms with E-state index in [-0.39, 0.29) is 6.10 Å². The number of hydrogen-bond donors (Lipinski definition) is 2. The minimum atomic E-state index is 0.284. The second kappa shape index (κ2) is 12.1. The van der Waals surface area contributed by atoms with Crippen molar-refractivity contribution in [3.05, 3.63) is 22.7 Å². The Bertz CT molecular complexity index is 666. The van der Waals surface area contributed by atoms with Crippen LogP contribution < -0.4 is 20.1 Å². The van der Waals surface area contributed by atoms with E-state index in [2.05, 4.69) is 22.5 Å². The molecule has 0 bridgehead atoms. The van der Waals surface area contributed by atoms with Gasteiger partial charge in [0, 0.05) is 32.8 Å². The molecule has 162 valence electrons. The monoisotopic (exact) mass is 425 g/mol. The average Bonchev–Trinajstić information content (AvgIpc) is 3.24. The summed E-state index contributed by atoms with van der Waals surface area (Å²) in [6.45, 7) is 7.70. The summed E-state index contributed by atoms with van der Waals surface area (Å²) in [5.74, 6) is 2.18. The third kappa shape index (κ3) is 7.24. The fourth-order valence-corrected chi connectivity index (χ4v) is 3.61. The molecule has 3 rings (SSSR count). The molecule has 2 heterocycles. The van der Waals surface area contributed by atoms with Gasteiger partial charge in [0.15, 0.2) is 17.5 Å². The average molecular weight is 426 g/mol. The summed E-state index contributed by atoms with van der Waals surface area (Å²) in [6.07, 6.45) is 4.24. The molecule has 7 nitrogen and oxygen atoms in total. The fraction of sp³-hybridized carbons (Fsp3) is 0.667. The summed E-state index contributed by atoms with van der Waals surface area (Å²) < 4.78 is 22.4. The first-order chi connectivity index (χ1) is 14.3. The van der Waals surface area contributed by atoms with Gasteiger partial charge in [0.1, 0.15) is 13.2 Å². The van der Waals surface area contributed by atoms with Gasteiger partial charge in [-0.2, -0.15) is 0 Å².